The molecule has 1 aliphatic heterocycles. The predicted molar refractivity (Wildman–Crippen MR) is 181 cm³/mol. The maximum absolute atomic E-state index is 13.2. The highest BCUT2D eigenvalue weighted by Gasteiger charge is 2.50. The topological polar surface area (TPSA) is 119 Å². The second-order valence-corrected chi connectivity index (χ2v) is 17.2. The molecule has 238 valence electrons. The van der Waals surface area contributed by atoms with Crippen molar-refractivity contribution in [1.82, 2.24) is 24.2 Å². The van der Waals surface area contributed by atoms with Gasteiger partial charge in [-0.05, 0) is 77.1 Å². The van der Waals surface area contributed by atoms with E-state index in [0.717, 1.165) is 38.2 Å². The number of piperidine rings is 1. The molecule has 0 radical (unpaired) electrons. The Kier molecular flexibility index (Phi) is 8.73. The smallest absolute Gasteiger partial charge is 0.262 e. The van der Waals surface area contributed by atoms with Crippen LogP contribution in [0.4, 0.5) is 5.82 Å². The summed E-state index contributed by atoms with van der Waals surface area (Å²) < 4.78 is 17.8. The van der Waals surface area contributed by atoms with E-state index in [1.165, 1.54) is 33.8 Å². The van der Waals surface area contributed by atoms with Crippen LogP contribution >= 0.6 is 23.4 Å². The van der Waals surface area contributed by atoms with E-state index in [1.54, 1.807) is 32.3 Å². The van der Waals surface area contributed by atoms with Crippen LogP contribution in [0.25, 0.3) is 10.9 Å². The van der Waals surface area contributed by atoms with Crippen LogP contribution in [0.1, 0.15) is 64.6 Å². The lowest BCUT2D eigenvalue weighted by Crippen LogP contribution is -2.49. The van der Waals surface area contributed by atoms with E-state index >= 15 is 0 Å². The van der Waals surface area contributed by atoms with Gasteiger partial charge in [0.2, 0.25) is 0 Å². The number of anilines is 1. The fourth-order valence-corrected chi connectivity index (χ4v) is 8.40. The van der Waals surface area contributed by atoms with E-state index in [0.29, 0.717) is 25.8 Å². The van der Waals surface area contributed by atoms with Crippen LogP contribution < -0.4 is 15.2 Å². The Hall–Kier alpha value is -2.67. The lowest BCUT2D eigenvalue weighted by molar-refractivity contribution is 0.0603. The number of hydrogen-bond acceptors (Lipinski definition) is 9. The molecule has 2 aromatic heterocycles. The number of aromatic nitrogens is 4. The van der Waals surface area contributed by atoms with Gasteiger partial charge in [0.05, 0.1) is 52.8 Å². The molecular weight excluding hydrogens is 628 g/mol. The quantitative estimate of drug-likeness (QED) is 0.240. The molecule has 3 heterocycles. The van der Waals surface area contributed by atoms with Crippen LogP contribution in [0.2, 0.25) is 5.02 Å². The monoisotopic (exact) mass is 666 g/mol. The molecule has 1 aliphatic carbocycles. The van der Waals surface area contributed by atoms with Crippen molar-refractivity contribution in [3.63, 3.8) is 0 Å². The number of nitrogens with zero attached hydrogens (tertiary/aromatic N) is 5. The lowest BCUT2D eigenvalue weighted by Gasteiger charge is -2.44. The molecule has 2 aliphatic rings. The number of halogens is 1. The van der Waals surface area contributed by atoms with Crippen LogP contribution in [-0.4, -0.2) is 52.6 Å². The van der Waals surface area contributed by atoms with Crippen molar-refractivity contribution in [1.29, 1.82) is 0 Å². The van der Waals surface area contributed by atoms with Gasteiger partial charge in [-0.25, -0.2) is 15.0 Å². The van der Waals surface area contributed by atoms with Crippen LogP contribution in [0.15, 0.2) is 69.8 Å². The molecule has 0 amide bonds. The first-order valence-corrected chi connectivity index (χ1v) is 17.5. The van der Waals surface area contributed by atoms with Gasteiger partial charge >= 0.3 is 0 Å². The first kappa shape index (κ1) is 32.3. The van der Waals surface area contributed by atoms with Gasteiger partial charge in [-0.1, -0.05) is 47.6 Å². The molecule has 6 rings (SSSR count). The average molecular weight is 667 g/mol. The number of aliphatic hydroxyl groups is 1. The summed E-state index contributed by atoms with van der Waals surface area (Å²) >= 11 is 6.91. The van der Waals surface area contributed by atoms with Gasteiger partial charge in [0.1, 0.15) is 15.6 Å². The second kappa shape index (κ2) is 12.2. The number of nitrogens with one attached hydrogen (secondary N) is 1. The van der Waals surface area contributed by atoms with Crippen molar-refractivity contribution < 1.29 is 9.66 Å². The summed E-state index contributed by atoms with van der Waals surface area (Å²) in [5.74, 6) is 0.816. The summed E-state index contributed by atoms with van der Waals surface area (Å²) in [6.45, 7) is 11.1. The molecule has 2 atom stereocenters. The zero-order valence-electron chi connectivity index (χ0n) is 26.2. The molecule has 0 saturated carbocycles. The van der Waals surface area contributed by atoms with Crippen LogP contribution in [-0.2, 0) is 24.3 Å². The van der Waals surface area contributed by atoms with Crippen LogP contribution in [0.5, 0.6) is 0 Å². The number of benzene rings is 2. The van der Waals surface area contributed by atoms with E-state index in [4.69, 9.17) is 16.6 Å². The van der Waals surface area contributed by atoms with E-state index in [-0.39, 0.29) is 28.3 Å². The molecular formula is C33H39ClN6O3S2. The molecule has 1 saturated heterocycles. The molecule has 2 N–H and O–H groups in total. The van der Waals surface area contributed by atoms with E-state index in [2.05, 4.69) is 43.9 Å². The summed E-state index contributed by atoms with van der Waals surface area (Å²) in [6, 6.07) is 12.2. The van der Waals surface area contributed by atoms with Gasteiger partial charge in [-0.15, -0.1) is 4.72 Å². The third-order valence-corrected chi connectivity index (χ3v) is 11.7. The second-order valence-electron chi connectivity index (χ2n) is 13.7. The molecule has 45 heavy (non-hydrogen) atoms. The zero-order chi connectivity index (χ0) is 32.1. The minimum Gasteiger partial charge on any atom is -0.598 e. The summed E-state index contributed by atoms with van der Waals surface area (Å²) in [4.78, 5) is 29.9. The highest BCUT2D eigenvalue weighted by atomic mass is 35.5. The molecule has 4 aromatic rings. The molecule has 9 nitrogen and oxygen atoms in total. The third kappa shape index (κ3) is 6.61. The Bertz CT molecular complexity index is 1760. The van der Waals surface area contributed by atoms with Crippen molar-refractivity contribution in [3.8, 4) is 0 Å². The summed E-state index contributed by atoms with van der Waals surface area (Å²) in [7, 11) is 0. The standard InChI is InChI=1S/C33H39ClN6O3S2/c1-31(2,3)45(43)38-29-22-9-7-6-8-21(22)16-33(29)12-14-39(15-13-33)25-17-36-26(18-35-25)44-24-11-10-23-27(28(24)34)30(41)40(20-37-23)19-32(4,5)42/h6-11,17-18,20,29,38,42H,12-16,19H2,1-5H3/t29-,45?/m1/s1. The Morgan fingerprint density at radius 1 is 1.09 bits per heavy atom. The minimum atomic E-state index is -1.17. The van der Waals surface area contributed by atoms with Gasteiger partial charge < -0.3 is 14.6 Å². The van der Waals surface area contributed by atoms with Crippen molar-refractivity contribution in [3.05, 3.63) is 81.6 Å². The molecule has 0 bridgehead atoms. The summed E-state index contributed by atoms with van der Waals surface area (Å²) in [5, 5.41) is 11.5. The maximum Gasteiger partial charge on any atom is 0.262 e. The fraction of sp³-hybridized carbons (Fsp3) is 0.455. The van der Waals surface area contributed by atoms with Gasteiger partial charge in [-0.3, -0.25) is 9.36 Å². The highest BCUT2D eigenvalue weighted by molar-refractivity contribution is 7.99. The van der Waals surface area contributed by atoms with Gasteiger partial charge in [-0.2, -0.15) is 0 Å². The number of rotatable bonds is 7. The first-order valence-electron chi connectivity index (χ1n) is 15.1. The van der Waals surface area contributed by atoms with E-state index in [1.807, 2.05) is 26.8 Å². The highest BCUT2D eigenvalue weighted by Crippen LogP contribution is 2.53. The lowest BCUT2D eigenvalue weighted by atomic mass is 9.73. The largest absolute Gasteiger partial charge is 0.598 e. The third-order valence-electron chi connectivity index (χ3n) is 8.67. The molecule has 1 fully saturated rings. The van der Waals surface area contributed by atoms with Crippen molar-refractivity contribution in [2.45, 2.75) is 86.7 Å². The maximum atomic E-state index is 13.2. The normalized spacial score (nSPS) is 18.8. The number of fused-ring (bicyclic) bond motifs is 2. The van der Waals surface area contributed by atoms with Crippen molar-refractivity contribution >= 4 is 51.4 Å². The molecule has 2 aromatic carbocycles. The molecule has 1 unspecified atom stereocenters. The van der Waals surface area contributed by atoms with Crippen molar-refractivity contribution in [2.75, 3.05) is 18.0 Å². The summed E-state index contributed by atoms with van der Waals surface area (Å²) in [5.41, 5.74) is 1.73. The minimum absolute atomic E-state index is 0.00248. The van der Waals surface area contributed by atoms with Gasteiger partial charge in [0, 0.05) is 34.8 Å². The summed E-state index contributed by atoms with van der Waals surface area (Å²) in [6.07, 6.45) is 7.84. The Balaban J connectivity index is 1.16. The Morgan fingerprint density at radius 2 is 1.82 bits per heavy atom. The van der Waals surface area contributed by atoms with Gasteiger partial charge in [0.25, 0.3) is 5.56 Å². The van der Waals surface area contributed by atoms with Crippen molar-refractivity contribution in [2.24, 2.45) is 5.41 Å². The number of hydrogen-bond donors (Lipinski definition) is 2. The van der Waals surface area contributed by atoms with E-state index < -0.39 is 17.0 Å². The average Bonchev–Trinajstić information content (AvgIpc) is 3.27. The van der Waals surface area contributed by atoms with Crippen LogP contribution in [0, 0.1) is 5.41 Å². The first-order chi connectivity index (χ1) is 21.2. The van der Waals surface area contributed by atoms with E-state index in [9.17, 15) is 14.5 Å². The molecule has 1 spiro atoms. The Morgan fingerprint density at radius 3 is 2.49 bits per heavy atom. The van der Waals surface area contributed by atoms with Gasteiger partial charge in [0.15, 0.2) is 0 Å². The predicted octanol–water partition coefficient (Wildman–Crippen LogP) is 5.70. The fourth-order valence-electron chi connectivity index (χ4n) is 6.34. The molecule has 12 heteroatoms. The Labute approximate surface area is 276 Å². The zero-order valence-corrected chi connectivity index (χ0v) is 28.6. The van der Waals surface area contributed by atoms with Crippen LogP contribution in [0.3, 0.4) is 0 Å². The SMILES string of the molecule is CC(C)(O)Cn1cnc2ccc(Sc3cnc(N4CCC5(CC4)Cc4ccccc4[C@H]5N[S+]([O-])C(C)(C)C)cn3)c(Cl)c2c1=O.